The van der Waals surface area contributed by atoms with E-state index in [1.54, 1.807) is 0 Å². The van der Waals surface area contributed by atoms with E-state index in [4.69, 9.17) is 9.97 Å². The van der Waals surface area contributed by atoms with Crippen LogP contribution in [0, 0.1) is 0 Å². The number of hydrogen-bond donors (Lipinski definition) is 0. The van der Waals surface area contributed by atoms with Crippen molar-refractivity contribution in [2.75, 3.05) is 4.90 Å². The summed E-state index contributed by atoms with van der Waals surface area (Å²) in [5.41, 5.74) is 5.34. The maximum Gasteiger partial charge on any atom is 2.00 e. The van der Waals surface area contributed by atoms with Gasteiger partial charge in [-0.15, -0.1) is 0 Å². The van der Waals surface area contributed by atoms with Gasteiger partial charge < -0.3 is 0 Å². The maximum absolute atomic E-state index is 4.83. The summed E-state index contributed by atoms with van der Waals surface area (Å²) in [5, 5.41) is 0. The van der Waals surface area contributed by atoms with Gasteiger partial charge in [0.25, 0.3) is 0 Å². The molecule has 5 rings (SSSR count). The monoisotopic (exact) mass is 594 g/mol. The molecule has 0 aliphatic heterocycles. The second-order valence-corrected chi connectivity index (χ2v) is 7.15. The van der Waals surface area contributed by atoms with Gasteiger partial charge in [-0.3, -0.25) is 4.90 Å². The van der Waals surface area contributed by atoms with E-state index in [0.29, 0.717) is 0 Å². The first-order valence-corrected chi connectivity index (χ1v) is 10.3. The van der Waals surface area contributed by atoms with Gasteiger partial charge in [0.2, 0.25) is 0 Å². The van der Waals surface area contributed by atoms with Crippen molar-refractivity contribution in [3.63, 3.8) is 0 Å². The van der Waals surface area contributed by atoms with Crippen LogP contribution in [0.25, 0.3) is 22.3 Å². The van der Waals surface area contributed by atoms with Gasteiger partial charge in [0, 0.05) is 29.2 Å². The molecule has 0 aliphatic carbocycles. The Hall–Kier alpha value is -3.55. The van der Waals surface area contributed by atoms with Gasteiger partial charge in [0.05, 0.1) is 0 Å². The summed E-state index contributed by atoms with van der Waals surface area (Å²) in [6.45, 7) is 0. The predicted molar refractivity (Wildman–Crippen MR) is 128 cm³/mol. The Bertz CT molecular complexity index is 1190. The Labute approximate surface area is 202 Å². The van der Waals surface area contributed by atoms with E-state index in [0.717, 1.165) is 39.6 Å². The minimum Gasteiger partial charge on any atom is -0.278 e. The summed E-state index contributed by atoms with van der Waals surface area (Å²) in [7, 11) is 0. The summed E-state index contributed by atoms with van der Waals surface area (Å²) >= 11 is 0. The molecular weight excluding hydrogens is 573 g/mol. The van der Waals surface area contributed by atoms with Crippen LogP contribution < -0.4 is 4.90 Å². The predicted octanol–water partition coefficient (Wildman–Crippen LogP) is 7.28. The number of aromatic nitrogens is 2. The Morgan fingerprint density at radius 3 is 1.28 bits per heavy atom. The number of hydrogen-bond acceptors (Lipinski definition) is 3. The van der Waals surface area contributed by atoms with E-state index < -0.39 is 0 Å². The molecule has 0 bridgehead atoms. The minimum absolute atomic E-state index is 0. The molecule has 3 nitrogen and oxygen atoms in total. The van der Waals surface area contributed by atoms with E-state index in [1.807, 2.05) is 54.9 Å². The minimum atomic E-state index is 0. The second-order valence-electron chi connectivity index (χ2n) is 7.15. The quantitative estimate of drug-likeness (QED) is 0.214. The third-order valence-electron chi connectivity index (χ3n) is 5.18. The molecule has 156 valence electrons. The van der Waals surface area contributed by atoms with Crippen LogP contribution in [0.1, 0.15) is 0 Å². The molecule has 0 atom stereocenters. The SMILES string of the molecule is [Pt+2].c1ccc(-c2cccnc2N(c2ccccc2)c2ncccc2-c2ccccc2)cc1. The maximum atomic E-state index is 4.83. The third-order valence-corrected chi connectivity index (χ3v) is 5.18. The molecule has 0 fully saturated rings. The molecule has 5 aromatic rings. The summed E-state index contributed by atoms with van der Waals surface area (Å²) in [4.78, 5) is 11.8. The van der Waals surface area contributed by atoms with Crippen LogP contribution in [-0.4, -0.2) is 9.97 Å². The topological polar surface area (TPSA) is 29.0 Å². The summed E-state index contributed by atoms with van der Waals surface area (Å²) in [6, 6.07) is 39.2. The molecule has 2 aromatic heterocycles. The molecule has 0 spiro atoms. The summed E-state index contributed by atoms with van der Waals surface area (Å²) in [5.74, 6) is 1.69. The van der Waals surface area contributed by atoms with Gasteiger partial charge in [0.1, 0.15) is 11.6 Å². The van der Waals surface area contributed by atoms with E-state index in [-0.39, 0.29) is 21.1 Å². The van der Waals surface area contributed by atoms with Crippen LogP contribution in [0.4, 0.5) is 17.3 Å². The smallest absolute Gasteiger partial charge is 0.278 e. The van der Waals surface area contributed by atoms with Crippen LogP contribution in [0.5, 0.6) is 0 Å². The number of para-hydroxylation sites is 1. The largest absolute Gasteiger partial charge is 2.00 e. The van der Waals surface area contributed by atoms with Crippen molar-refractivity contribution in [3.05, 3.63) is 128 Å². The standard InChI is InChI=1S/C28H21N3.Pt/c1-4-12-22(13-5-1)25-18-10-20-29-27(25)31(24-16-8-3-9-17-24)28-26(19-11-21-30-28)23-14-6-2-7-15-23;/h1-21H;/q;+2. The molecular formula is C28H21N3Pt+2. The molecule has 0 N–H and O–H groups in total. The van der Waals surface area contributed by atoms with Gasteiger partial charge in [-0.1, -0.05) is 78.9 Å². The molecule has 0 amide bonds. The van der Waals surface area contributed by atoms with Crippen molar-refractivity contribution in [1.82, 2.24) is 9.97 Å². The van der Waals surface area contributed by atoms with Crippen LogP contribution in [0.15, 0.2) is 128 Å². The first-order valence-electron chi connectivity index (χ1n) is 10.3. The Kier molecular flexibility index (Phi) is 6.89. The molecule has 0 saturated heterocycles. The first kappa shape index (κ1) is 21.7. The van der Waals surface area contributed by atoms with Crippen LogP contribution in [0.3, 0.4) is 0 Å². The van der Waals surface area contributed by atoms with Crippen molar-refractivity contribution >= 4 is 17.3 Å². The molecule has 3 aromatic carbocycles. The van der Waals surface area contributed by atoms with Gasteiger partial charge in [-0.25, -0.2) is 9.97 Å². The zero-order chi connectivity index (χ0) is 20.9. The molecule has 2 heterocycles. The van der Waals surface area contributed by atoms with E-state index in [9.17, 15) is 0 Å². The third kappa shape index (κ3) is 4.39. The zero-order valence-electron chi connectivity index (χ0n) is 17.3. The number of rotatable bonds is 5. The molecule has 0 aliphatic rings. The van der Waals surface area contributed by atoms with E-state index in [2.05, 4.69) is 77.7 Å². The normalized spacial score (nSPS) is 10.2. The second kappa shape index (κ2) is 10.2. The van der Waals surface area contributed by atoms with Crippen LogP contribution in [-0.2, 0) is 21.1 Å². The number of nitrogens with zero attached hydrogens (tertiary/aromatic N) is 3. The Morgan fingerprint density at radius 1 is 0.438 bits per heavy atom. The van der Waals surface area contributed by atoms with Gasteiger partial charge in [-0.2, -0.15) is 0 Å². The van der Waals surface area contributed by atoms with Gasteiger partial charge in [-0.05, 0) is 47.5 Å². The molecule has 0 radical (unpaired) electrons. The number of anilines is 3. The fourth-order valence-corrected chi connectivity index (χ4v) is 3.76. The van der Waals surface area contributed by atoms with Crippen LogP contribution in [0.2, 0.25) is 0 Å². The average Bonchev–Trinajstić information content (AvgIpc) is 2.87. The van der Waals surface area contributed by atoms with Crippen molar-refractivity contribution in [3.8, 4) is 22.3 Å². The summed E-state index contributed by atoms with van der Waals surface area (Å²) in [6.07, 6.45) is 3.67. The molecule has 32 heavy (non-hydrogen) atoms. The molecule has 0 saturated carbocycles. The fourth-order valence-electron chi connectivity index (χ4n) is 3.76. The number of pyridine rings is 2. The van der Waals surface area contributed by atoms with Gasteiger partial charge in [0.15, 0.2) is 0 Å². The first-order chi connectivity index (χ1) is 15.4. The van der Waals surface area contributed by atoms with Crippen molar-refractivity contribution < 1.29 is 21.1 Å². The van der Waals surface area contributed by atoms with E-state index in [1.165, 1.54) is 0 Å². The van der Waals surface area contributed by atoms with Crippen molar-refractivity contribution in [2.24, 2.45) is 0 Å². The van der Waals surface area contributed by atoms with Crippen molar-refractivity contribution in [1.29, 1.82) is 0 Å². The average molecular weight is 595 g/mol. The van der Waals surface area contributed by atoms with Crippen LogP contribution >= 0.6 is 0 Å². The van der Waals surface area contributed by atoms with E-state index >= 15 is 0 Å². The Morgan fingerprint density at radius 2 is 0.844 bits per heavy atom. The number of benzene rings is 3. The molecule has 4 heteroatoms. The van der Waals surface area contributed by atoms with Crippen molar-refractivity contribution in [2.45, 2.75) is 0 Å². The summed E-state index contributed by atoms with van der Waals surface area (Å²) < 4.78 is 0. The fraction of sp³-hybridized carbons (Fsp3) is 0. The molecule has 0 unspecified atom stereocenters. The Balaban J connectivity index is 0.00000245. The van der Waals surface area contributed by atoms with Gasteiger partial charge >= 0.3 is 21.1 Å². The zero-order valence-corrected chi connectivity index (χ0v) is 19.6.